The highest BCUT2D eigenvalue weighted by Crippen LogP contribution is 2.33. The molecule has 3 aromatic carbocycles. The third-order valence-corrected chi connectivity index (χ3v) is 6.41. The van der Waals surface area contributed by atoms with Crippen LogP contribution in [-0.4, -0.2) is 34.9 Å². The SMILES string of the molecule is O=C(N/C(=C/c1ccccc1)C(=O)N1CCC(O)(c2ccc(Br)cc2)CC1)c1ccccc1. The summed E-state index contributed by atoms with van der Waals surface area (Å²) in [4.78, 5) is 27.9. The molecule has 5 nitrogen and oxygen atoms in total. The lowest BCUT2D eigenvalue weighted by molar-refractivity contribution is -0.131. The molecule has 0 saturated carbocycles. The summed E-state index contributed by atoms with van der Waals surface area (Å²) in [7, 11) is 0. The lowest BCUT2D eigenvalue weighted by Gasteiger charge is -2.38. The van der Waals surface area contributed by atoms with Crippen molar-refractivity contribution >= 4 is 33.8 Å². The number of hydrogen-bond donors (Lipinski definition) is 2. The highest BCUT2D eigenvalue weighted by atomic mass is 79.9. The fraction of sp³-hybridized carbons (Fsp3) is 0.185. The van der Waals surface area contributed by atoms with Crippen LogP contribution in [0.15, 0.2) is 95.1 Å². The van der Waals surface area contributed by atoms with E-state index in [9.17, 15) is 14.7 Å². The third kappa shape index (κ3) is 5.59. The van der Waals surface area contributed by atoms with Gasteiger partial charge in [-0.05, 0) is 54.3 Å². The van der Waals surface area contributed by atoms with Crippen LogP contribution in [0.3, 0.4) is 0 Å². The van der Waals surface area contributed by atoms with Gasteiger partial charge in [-0.2, -0.15) is 0 Å². The average molecular weight is 505 g/mol. The van der Waals surface area contributed by atoms with Gasteiger partial charge < -0.3 is 15.3 Å². The van der Waals surface area contributed by atoms with Gasteiger partial charge in [-0.3, -0.25) is 9.59 Å². The minimum Gasteiger partial charge on any atom is -0.385 e. The number of amides is 2. The van der Waals surface area contributed by atoms with E-state index in [4.69, 9.17) is 0 Å². The predicted octanol–water partition coefficient (Wildman–Crippen LogP) is 4.73. The van der Waals surface area contributed by atoms with Crippen molar-refractivity contribution in [3.63, 3.8) is 0 Å². The number of rotatable bonds is 5. The molecule has 1 heterocycles. The van der Waals surface area contributed by atoms with Crippen LogP contribution in [0, 0.1) is 0 Å². The van der Waals surface area contributed by atoms with Crippen LogP contribution >= 0.6 is 15.9 Å². The van der Waals surface area contributed by atoms with Crippen molar-refractivity contribution in [2.24, 2.45) is 0 Å². The van der Waals surface area contributed by atoms with Crippen LogP contribution in [0.4, 0.5) is 0 Å². The number of halogens is 1. The van der Waals surface area contributed by atoms with Gasteiger partial charge in [-0.1, -0.05) is 76.6 Å². The van der Waals surface area contributed by atoms with Crippen LogP contribution in [0.25, 0.3) is 6.08 Å². The molecule has 1 aliphatic heterocycles. The summed E-state index contributed by atoms with van der Waals surface area (Å²) < 4.78 is 0.951. The zero-order chi connectivity index (χ0) is 23.3. The molecule has 0 aliphatic carbocycles. The molecule has 0 unspecified atom stereocenters. The molecule has 0 radical (unpaired) electrons. The highest BCUT2D eigenvalue weighted by molar-refractivity contribution is 9.10. The van der Waals surface area contributed by atoms with E-state index in [0.29, 0.717) is 31.5 Å². The van der Waals surface area contributed by atoms with Gasteiger partial charge in [0.15, 0.2) is 0 Å². The van der Waals surface area contributed by atoms with Gasteiger partial charge in [0.05, 0.1) is 5.60 Å². The van der Waals surface area contributed by atoms with Crippen LogP contribution in [0.1, 0.15) is 34.3 Å². The first-order chi connectivity index (χ1) is 15.9. The molecule has 1 saturated heterocycles. The molecule has 1 fully saturated rings. The van der Waals surface area contributed by atoms with Gasteiger partial charge in [0.2, 0.25) is 0 Å². The number of nitrogens with zero attached hydrogens (tertiary/aromatic N) is 1. The van der Waals surface area contributed by atoms with Crippen molar-refractivity contribution < 1.29 is 14.7 Å². The first kappa shape index (κ1) is 23.0. The van der Waals surface area contributed by atoms with Crippen molar-refractivity contribution in [1.29, 1.82) is 0 Å². The average Bonchev–Trinajstić information content (AvgIpc) is 2.85. The molecule has 3 aromatic rings. The molecule has 2 amide bonds. The molecular weight excluding hydrogens is 480 g/mol. The second-order valence-corrected chi connectivity index (χ2v) is 9.04. The molecule has 168 valence electrons. The van der Waals surface area contributed by atoms with E-state index >= 15 is 0 Å². The number of piperidine rings is 1. The topological polar surface area (TPSA) is 69.6 Å². The first-order valence-electron chi connectivity index (χ1n) is 10.9. The van der Waals surface area contributed by atoms with Crippen molar-refractivity contribution in [2.75, 3.05) is 13.1 Å². The van der Waals surface area contributed by atoms with Gasteiger partial charge >= 0.3 is 0 Å². The molecule has 4 rings (SSSR count). The molecule has 0 spiro atoms. The number of hydrogen-bond acceptors (Lipinski definition) is 3. The summed E-state index contributed by atoms with van der Waals surface area (Å²) in [5.74, 6) is -0.601. The van der Waals surface area contributed by atoms with E-state index in [1.54, 1.807) is 35.2 Å². The predicted molar refractivity (Wildman–Crippen MR) is 132 cm³/mol. The maximum absolute atomic E-state index is 13.4. The largest absolute Gasteiger partial charge is 0.385 e. The second-order valence-electron chi connectivity index (χ2n) is 8.12. The molecule has 6 heteroatoms. The lowest BCUT2D eigenvalue weighted by Crippen LogP contribution is -2.47. The van der Waals surface area contributed by atoms with Gasteiger partial charge in [-0.25, -0.2) is 0 Å². The van der Waals surface area contributed by atoms with Crippen LogP contribution in [0.5, 0.6) is 0 Å². The summed E-state index contributed by atoms with van der Waals surface area (Å²) in [5.41, 5.74) is 1.37. The fourth-order valence-corrected chi connectivity index (χ4v) is 4.21. The molecule has 0 aromatic heterocycles. The summed E-state index contributed by atoms with van der Waals surface area (Å²) in [6, 6.07) is 25.9. The Kier molecular flexibility index (Phi) is 7.06. The van der Waals surface area contributed by atoms with E-state index in [0.717, 1.165) is 15.6 Å². The molecule has 0 bridgehead atoms. The summed E-state index contributed by atoms with van der Waals surface area (Å²) in [6.45, 7) is 0.775. The van der Waals surface area contributed by atoms with E-state index in [1.807, 2.05) is 60.7 Å². The second kappa shape index (κ2) is 10.1. The Morgan fingerprint density at radius 2 is 1.45 bits per heavy atom. The standard InChI is InChI=1S/C27H25BrN2O3/c28-23-13-11-22(12-14-23)27(33)15-17-30(18-16-27)26(32)24(19-20-7-3-1-4-8-20)29-25(31)21-9-5-2-6-10-21/h1-14,19,33H,15-18H2,(H,29,31)/b24-19+. The zero-order valence-corrected chi connectivity index (χ0v) is 19.7. The number of aliphatic hydroxyl groups is 1. The Balaban J connectivity index is 1.52. The van der Waals surface area contributed by atoms with Crippen molar-refractivity contribution in [3.8, 4) is 0 Å². The Bertz CT molecular complexity index is 1140. The minimum absolute atomic E-state index is 0.212. The van der Waals surface area contributed by atoms with Gasteiger partial charge in [-0.15, -0.1) is 0 Å². The van der Waals surface area contributed by atoms with Crippen LogP contribution in [0.2, 0.25) is 0 Å². The normalized spacial score (nSPS) is 15.7. The third-order valence-electron chi connectivity index (χ3n) is 5.88. The number of carbonyl (C=O) groups is 2. The maximum atomic E-state index is 13.4. The number of benzene rings is 3. The summed E-state index contributed by atoms with van der Waals surface area (Å²) in [6.07, 6.45) is 2.54. The van der Waals surface area contributed by atoms with Crippen LogP contribution < -0.4 is 5.32 Å². The maximum Gasteiger partial charge on any atom is 0.270 e. The minimum atomic E-state index is -0.978. The first-order valence-corrected chi connectivity index (χ1v) is 11.6. The Labute approximate surface area is 201 Å². The van der Waals surface area contributed by atoms with E-state index in [-0.39, 0.29) is 17.5 Å². The fourth-order valence-electron chi connectivity index (χ4n) is 3.95. The highest BCUT2D eigenvalue weighted by Gasteiger charge is 2.36. The van der Waals surface area contributed by atoms with Crippen molar-refractivity contribution in [2.45, 2.75) is 18.4 Å². The van der Waals surface area contributed by atoms with Gasteiger partial charge in [0, 0.05) is 23.1 Å². The Morgan fingerprint density at radius 1 is 0.879 bits per heavy atom. The monoisotopic (exact) mass is 504 g/mol. The molecule has 33 heavy (non-hydrogen) atoms. The number of nitrogens with one attached hydrogen (secondary N) is 1. The Morgan fingerprint density at radius 3 is 2.06 bits per heavy atom. The molecule has 2 N–H and O–H groups in total. The summed E-state index contributed by atoms with van der Waals surface area (Å²) >= 11 is 3.42. The lowest BCUT2D eigenvalue weighted by atomic mass is 9.84. The van der Waals surface area contributed by atoms with Crippen molar-refractivity contribution in [1.82, 2.24) is 10.2 Å². The number of carbonyl (C=O) groups excluding carboxylic acids is 2. The zero-order valence-electron chi connectivity index (χ0n) is 18.1. The molecular formula is C27H25BrN2O3. The van der Waals surface area contributed by atoms with E-state index in [2.05, 4.69) is 21.2 Å². The summed E-state index contributed by atoms with van der Waals surface area (Å²) in [5, 5.41) is 14.0. The number of likely N-dealkylation sites (tertiary alicyclic amines) is 1. The van der Waals surface area contributed by atoms with Gasteiger partial charge in [0.1, 0.15) is 5.70 Å². The molecule has 1 aliphatic rings. The quantitative estimate of drug-likeness (QED) is 0.493. The molecule has 0 atom stereocenters. The van der Waals surface area contributed by atoms with Crippen LogP contribution in [-0.2, 0) is 10.4 Å². The Hall–Kier alpha value is -3.22. The van der Waals surface area contributed by atoms with Crippen molar-refractivity contribution in [3.05, 3.63) is 112 Å². The van der Waals surface area contributed by atoms with E-state index < -0.39 is 5.60 Å². The van der Waals surface area contributed by atoms with Gasteiger partial charge in [0.25, 0.3) is 11.8 Å². The van der Waals surface area contributed by atoms with E-state index in [1.165, 1.54) is 0 Å². The smallest absolute Gasteiger partial charge is 0.270 e.